The first kappa shape index (κ1) is 10.7. The standard InChI is InChI=1S/C10H14N2O2/c1-7-3-4-9(5-8(2)11)6-10(7)12(13)14/h3-4,6,8H,5,11H2,1-2H3. The summed E-state index contributed by atoms with van der Waals surface area (Å²) in [6.45, 7) is 3.61. The number of benzene rings is 1. The van der Waals surface area contributed by atoms with E-state index in [1.54, 1.807) is 19.1 Å². The minimum absolute atomic E-state index is 0.0253. The Morgan fingerprint density at radius 3 is 2.71 bits per heavy atom. The van der Waals surface area contributed by atoms with E-state index in [0.717, 1.165) is 5.56 Å². The van der Waals surface area contributed by atoms with Crippen LogP contribution in [0.5, 0.6) is 0 Å². The van der Waals surface area contributed by atoms with E-state index in [2.05, 4.69) is 0 Å². The molecule has 4 nitrogen and oxygen atoms in total. The summed E-state index contributed by atoms with van der Waals surface area (Å²) in [7, 11) is 0. The molecule has 0 aliphatic rings. The molecular weight excluding hydrogens is 180 g/mol. The van der Waals surface area contributed by atoms with Crippen LogP contribution in [0.3, 0.4) is 0 Å². The Hall–Kier alpha value is -1.42. The summed E-state index contributed by atoms with van der Waals surface area (Å²) in [6, 6.07) is 5.26. The molecule has 1 aromatic rings. The highest BCUT2D eigenvalue weighted by molar-refractivity contribution is 5.42. The Balaban J connectivity index is 3.00. The van der Waals surface area contributed by atoms with Gasteiger partial charge >= 0.3 is 0 Å². The normalized spacial score (nSPS) is 12.5. The van der Waals surface area contributed by atoms with Gasteiger partial charge < -0.3 is 5.73 Å². The Morgan fingerprint density at radius 2 is 2.21 bits per heavy atom. The zero-order chi connectivity index (χ0) is 10.7. The second kappa shape index (κ2) is 4.19. The van der Waals surface area contributed by atoms with Crippen LogP contribution in [0.25, 0.3) is 0 Å². The number of hydrogen-bond donors (Lipinski definition) is 1. The van der Waals surface area contributed by atoms with Crippen molar-refractivity contribution in [3.8, 4) is 0 Å². The van der Waals surface area contributed by atoms with Crippen LogP contribution in [0.4, 0.5) is 5.69 Å². The van der Waals surface area contributed by atoms with Crippen molar-refractivity contribution in [3.63, 3.8) is 0 Å². The van der Waals surface area contributed by atoms with Crippen LogP contribution < -0.4 is 5.73 Å². The van der Waals surface area contributed by atoms with Crippen molar-refractivity contribution < 1.29 is 4.92 Å². The van der Waals surface area contributed by atoms with Gasteiger partial charge in [-0.2, -0.15) is 0 Å². The van der Waals surface area contributed by atoms with Gasteiger partial charge in [-0.05, 0) is 25.8 Å². The van der Waals surface area contributed by atoms with E-state index in [1.807, 2.05) is 13.0 Å². The second-order valence-electron chi connectivity index (χ2n) is 3.56. The molecule has 0 aliphatic carbocycles. The van der Waals surface area contributed by atoms with Gasteiger partial charge in [-0.1, -0.05) is 12.1 Å². The smallest absolute Gasteiger partial charge is 0.272 e. The molecule has 1 atom stereocenters. The maximum atomic E-state index is 10.6. The minimum atomic E-state index is -0.361. The molecule has 14 heavy (non-hydrogen) atoms. The average Bonchev–Trinajstić information content (AvgIpc) is 2.07. The van der Waals surface area contributed by atoms with E-state index >= 15 is 0 Å². The van der Waals surface area contributed by atoms with Crippen LogP contribution in [-0.2, 0) is 6.42 Å². The fraction of sp³-hybridized carbons (Fsp3) is 0.400. The van der Waals surface area contributed by atoms with Gasteiger partial charge in [0, 0.05) is 17.7 Å². The molecule has 0 saturated carbocycles. The van der Waals surface area contributed by atoms with Crippen molar-refractivity contribution in [2.75, 3.05) is 0 Å². The third kappa shape index (κ3) is 2.53. The molecule has 1 rings (SSSR count). The predicted octanol–water partition coefficient (Wildman–Crippen LogP) is 1.79. The van der Waals surface area contributed by atoms with Gasteiger partial charge in [0.2, 0.25) is 0 Å². The number of rotatable bonds is 3. The van der Waals surface area contributed by atoms with E-state index in [1.165, 1.54) is 0 Å². The van der Waals surface area contributed by atoms with Crippen LogP contribution in [0.2, 0.25) is 0 Å². The van der Waals surface area contributed by atoms with Crippen molar-refractivity contribution in [2.45, 2.75) is 26.3 Å². The topological polar surface area (TPSA) is 69.2 Å². The quantitative estimate of drug-likeness (QED) is 0.589. The summed E-state index contributed by atoms with van der Waals surface area (Å²) in [5.41, 5.74) is 7.39. The third-order valence-corrected chi connectivity index (χ3v) is 2.03. The molecular formula is C10H14N2O2. The van der Waals surface area contributed by atoms with Gasteiger partial charge in [0.25, 0.3) is 5.69 Å². The second-order valence-corrected chi connectivity index (χ2v) is 3.56. The first-order valence-electron chi connectivity index (χ1n) is 4.50. The number of aryl methyl sites for hydroxylation is 1. The van der Waals surface area contributed by atoms with E-state index in [0.29, 0.717) is 12.0 Å². The summed E-state index contributed by atoms with van der Waals surface area (Å²) in [5.74, 6) is 0. The number of nitrogens with two attached hydrogens (primary N) is 1. The fourth-order valence-corrected chi connectivity index (χ4v) is 1.35. The Labute approximate surface area is 82.9 Å². The summed E-state index contributed by atoms with van der Waals surface area (Å²) >= 11 is 0. The van der Waals surface area contributed by atoms with Crippen LogP contribution >= 0.6 is 0 Å². The highest BCUT2D eigenvalue weighted by Crippen LogP contribution is 2.19. The van der Waals surface area contributed by atoms with Gasteiger partial charge in [-0.3, -0.25) is 10.1 Å². The van der Waals surface area contributed by atoms with Crippen LogP contribution in [0.1, 0.15) is 18.1 Å². The molecule has 0 saturated heterocycles. The molecule has 1 aromatic carbocycles. The molecule has 0 aliphatic heterocycles. The molecule has 0 fully saturated rings. The number of nitrogens with zero attached hydrogens (tertiary/aromatic N) is 1. The van der Waals surface area contributed by atoms with Gasteiger partial charge in [0.15, 0.2) is 0 Å². The summed E-state index contributed by atoms with van der Waals surface area (Å²) < 4.78 is 0. The number of nitro benzene ring substituents is 1. The molecule has 0 aromatic heterocycles. The van der Waals surface area contributed by atoms with Gasteiger partial charge in [-0.25, -0.2) is 0 Å². The van der Waals surface area contributed by atoms with Gasteiger partial charge in [-0.15, -0.1) is 0 Å². The van der Waals surface area contributed by atoms with Gasteiger partial charge in [0.05, 0.1) is 4.92 Å². The van der Waals surface area contributed by atoms with Crippen molar-refractivity contribution in [3.05, 3.63) is 39.4 Å². The van der Waals surface area contributed by atoms with Crippen molar-refractivity contribution in [1.82, 2.24) is 0 Å². The van der Waals surface area contributed by atoms with Crippen LogP contribution in [0, 0.1) is 17.0 Å². The van der Waals surface area contributed by atoms with Crippen molar-refractivity contribution >= 4 is 5.69 Å². The molecule has 0 radical (unpaired) electrons. The lowest BCUT2D eigenvalue weighted by molar-refractivity contribution is -0.385. The lowest BCUT2D eigenvalue weighted by Gasteiger charge is -2.05. The Morgan fingerprint density at radius 1 is 1.57 bits per heavy atom. The molecule has 0 amide bonds. The molecule has 1 unspecified atom stereocenters. The summed E-state index contributed by atoms with van der Waals surface area (Å²) in [4.78, 5) is 10.3. The Kier molecular flexibility index (Phi) is 3.19. The largest absolute Gasteiger partial charge is 0.328 e. The molecule has 2 N–H and O–H groups in total. The Bertz CT molecular complexity index is 348. The lowest BCUT2D eigenvalue weighted by Crippen LogP contribution is -2.17. The molecule has 4 heteroatoms. The summed E-state index contributed by atoms with van der Waals surface area (Å²) in [5, 5.41) is 10.6. The predicted molar refractivity (Wildman–Crippen MR) is 55.2 cm³/mol. The highest BCUT2D eigenvalue weighted by Gasteiger charge is 2.11. The zero-order valence-corrected chi connectivity index (χ0v) is 8.36. The summed E-state index contributed by atoms with van der Waals surface area (Å²) in [6.07, 6.45) is 0.668. The number of nitro groups is 1. The molecule has 0 spiro atoms. The maximum absolute atomic E-state index is 10.6. The fourth-order valence-electron chi connectivity index (χ4n) is 1.35. The van der Waals surface area contributed by atoms with Crippen LogP contribution in [-0.4, -0.2) is 11.0 Å². The van der Waals surface area contributed by atoms with E-state index in [-0.39, 0.29) is 16.7 Å². The van der Waals surface area contributed by atoms with E-state index in [4.69, 9.17) is 5.73 Å². The monoisotopic (exact) mass is 194 g/mol. The van der Waals surface area contributed by atoms with E-state index in [9.17, 15) is 10.1 Å². The van der Waals surface area contributed by atoms with Crippen molar-refractivity contribution in [2.24, 2.45) is 5.73 Å². The van der Waals surface area contributed by atoms with E-state index < -0.39 is 0 Å². The first-order valence-corrected chi connectivity index (χ1v) is 4.50. The van der Waals surface area contributed by atoms with Gasteiger partial charge in [0.1, 0.15) is 0 Å². The zero-order valence-electron chi connectivity index (χ0n) is 8.36. The number of hydrogen-bond acceptors (Lipinski definition) is 3. The average molecular weight is 194 g/mol. The van der Waals surface area contributed by atoms with Crippen molar-refractivity contribution in [1.29, 1.82) is 0 Å². The van der Waals surface area contributed by atoms with Crippen LogP contribution in [0.15, 0.2) is 18.2 Å². The molecule has 76 valence electrons. The third-order valence-electron chi connectivity index (χ3n) is 2.03. The lowest BCUT2D eigenvalue weighted by atomic mass is 10.0. The minimum Gasteiger partial charge on any atom is -0.328 e. The SMILES string of the molecule is Cc1ccc(CC(C)N)cc1[N+](=O)[O-]. The molecule has 0 heterocycles. The maximum Gasteiger partial charge on any atom is 0.272 e. The highest BCUT2D eigenvalue weighted by atomic mass is 16.6. The molecule has 0 bridgehead atoms. The first-order chi connectivity index (χ1) is 6.50.